The van der Waals surface area contributed by atoms with Crippen molar-refractivity contribution in [2.75, 3.05) is 24.3 Å². The van der Waals surface area contributed by atoms with Crippen molar-refractivity contribution in [2.24, 2.45) is 0 Å². The van der Waals surface area contributed by atoms with Gasteiger partial charge in [-0.1, -0.05) is 0 Å². The highest BCUT2D eigenvalue weighted by atomic mass is 32.1. The predicted octanol–water partition coefficient (Wildman–Crippen LogP) is 2.14. The minimum absolute atomic E-state index is 0.242. The van der Waals surface area contributed by atoms with E-state index >= 15 is 0 Å². The van der Waals surface area contributed by atoms with Gasteiger partial charge in [-0.05, 0) is 0 Å². The Bertz CT molecular complexity index is 628. The second-order valence-corrected chi connectivity index (χ2v) is 5.14. The van der Waals surface area contributed by atoms with E-state index in [1.807, 2.05) is 0 Å². The van der Waals surface area contributed by atoms with Gasteiger partial charge >= 0.3 is 0 Å². The monoisotopic (exact) mass is 291 g/mol. The number of ether oxygens (including phenoxy) is 2. The number of anilines is 2. The number of carbonyl (C=O) groups excluding carboxylic acids is 1. The smallest absolute Gasteiger partial charge is 0.267 e. The quantitative estimate of drug-likeness (QED) is 0.828. The Morgan fingerprint density at radius 1 is 1.30 bits per heavy atom. The number of carbonyl (C=O) groups is 1. The highest BCUT2D eigenvalue weighted by molar-refractivity contribution is 7.11. The fourth-order valence-electron chi connectivity index (χ4n) is 1.84. The molecule has 0 aliphatic carbocycles. The topological polar surface area (TPSA) is 86.5 Å². The molecular weight excluding hydrogens is 278 g/mol. The van der Waals surface area contributed by atoms with Crippen molar-refractivity contribution in [1.82, 2.24) is 4.98 Å². The summed E-state index contributed by atoms with van der Waals surface area (Å²) in [6.07, 6.45) is 2.33. The summed E-state index contributed by atoms with van der Waals surface area (Å²) < 4.78 is 11.1. The van der Waals surface area contributed by atoms with Gasteiger partial charge in [0.1, 0.15) is 4.88 Å². The van der Waals surface area contributed by atoms with Gasteiger partial charge in [0.15, 0.2) is 11.5 Å². The zero-order valence-electron chi connectivity index (χ0n) is 10.6. The van der Waals surface area contributed by atoms with Gasteiger partial charge in [-0.2, -0.15) is 0 Å². The predicted molar refractivity (Wildman–Crippen MR) is 76.5 cm³/mol. The summed E-state index contributed by atoms with van der Waals surface area (Å²) >= 11 is 1.27. The maximum absolute atomic E-state index is 12.0. The molecule has 1 amide bonds. The molecule has 3 N–H and O–H groups in total. The van der Waals surface area contributed by atoms with Gasteiger partial charge in [-0.3, -0.25) is 9.78 Å². The molecule has 1 aromatic heterocycles. The molecule has 0 radical (unpaired) electrons. The van der Waals surface area contributed by atoms with Crippen molar-refractivity contribution in [3.05, 3.63) is 28.7 Å². The fraction of sp³-hybridized carbons (Fsp3) is 0.231. The van der Waals surface area contributed by atoms with Crippen LogP contribution in [-0.4, -0.2) is 24.1 Å². The van der Waals surface area contributed by atoms with Crippen molar-refractivity contribution in [2.45, 2.75) is 6.42 Å². The molecule has 1 aromatic carbocycles. The van der Waals surface area contributed by atoms with Gasteiger partial charge in [0.05, 0.1) is 36.3 Å². The first-order valence-corrected chi connectivity index (χ1v) is 7.01. The second kappa shape index (κ2) is 5.38. The number of rotatable bonds is 2. The maximum atomic E-state index is 12.0. The highest BCUT2D eigenvalue weighted by Crippen LogP contribution is 2.36. The van der Waals surface area contributed by atoms with E-state index in [4.69, 9.17) is 15.2 Å². The summed E-state index contributed by atoms with van der Waals surface area (Å²) in [6.45, 7) is 1.18. The van der Waals surface area contributed by atoms with Crippen LogP contribution in [-0.2, 0) is 0 Å². The van der Waals surface area contributed by atoms with E-state index in [9.17, 15) is 4.79 Å². The molecule has 0 saturated carbocycles. The van der Waals surface area contributed by atoms with Crippen LogP contribution in [0.25, 0.3) is 0 Å². The fourth-order valence-corrected chi connectivity index (χ4v) is 2.36. The van der Waals surface area contributed by atoms with E-state index in [1.54, 1.807) is 17.6 Å². The first-order valence-electron chi connectivity index (χ1n) is 6.13. The molecule has 2 heterocycles. The highest BCUT2D eigenvalue weighted by Gasteiger charge is 2.16. The molecule has 0 saturated heterocycles. The first-order chi connectivity index (χ1) is 9.74. The van der Waals surface area contributed by atoms with E-state index in [-0.39, 0.29) is 5.91 Å². The van der Waals surface area contributed by atoms with Gasteiger partial charge in [0.25, 0.3) is 5.91 Å². The number of nitrogens with zero attached hydrogens (tertiary/aromatic N) is 1. The van der Waals surface area contributed by atoms with E-state index in [1.165, 1.54) is 17.5 Å². The molecular formula is C13H13N3O3S. The Labute approximate surface area is 119 Å². The number of benzene rings is 1. The van der Waals surface area contributed by atoms with Crippen LogP contribution in [0.2, 0.25) is 0 Å². The third-order valence-corrected chi connectivity index (χ3v) is 3.60. The van der Waals surface area contributed by atoms with Gasteiger partial charge in [0.2, 0.25) is 0 Å². The summed E-state index contributed by atoms with van der Waals surface area (Å²) in [5, 5.41) is 2.75. The van der Waals surface area contributed by atoms with Crippen molar-refractivity contribution in [3.63, 3.8) is 0 Å². The summed E-state index contributed by atoms with van der Waals surface area (Å²) in [4.78, 5) is 16.4. The summed E-state index contributed by atoms with van der Waals surface area (Å²) in [7, 11) is 0. The average molecular weight is 291 g/mol. The number of aromatic nitrogens is 1. The van der Waals surface area contributed by atoms with Crippen LogP contribution in [0.1, 0.15) is 16.1 Å². The largest absolute Gasteiger partial charge is 0.489 e. The maximum Gasteiger partial charge on any atom is 0.267 e. The lowest BCUT2D eigenvalue weighted by Gasteiger charge is -2.12. The van der Waals surface area contributed by atoms with Crippen molar-refractivity contribution in [1.29, 1.82) is 0 Å². The van der Waals surface area contributed by atoms with Crippen molar-refractivity contribution in [3.8, 4) is 11.5 Å². The Kier molecular flexibility index (Phi) is 3.42. The zero-order chi connectivity index (χ0) is 13.9. The minimum Gasteiger partial charge on any atom is -0.489 e. The van der Waals surface area contributed by atoms with E-state index in [2.05, 4.69) is 10.3 Å². The third kappa shape index (κ3) is 2.53. The van der Waals surface area contributed by atoms with E-state index in [0.717, 1.165) is 6.42 Å². The number of nitrogen functional groups attached to an aromatic ring is 1. The van der Waals surface area contributed by atoms with Crippen molar-refractivity contribution >= 4 is 28.6 Å². The molecule has 1 aliphatic rings. The average Bonchev–Trinajstić information content (AvgIpc) is 2.88. The molecule has 20 heavy (non-hydrogen) atoms. The zero-order valence-corrected chi connectivity index (χ0v) is 11.4. The number of fused-ring (bicyclic) bond motifs is 1. The molecule has 7 heteroatoms. The van der Waals surface area contributed by atoms with Crippen LogP contribution in [0.4, 0.5) is 11.4 Å². The summed E-state index contributed by atoms with van der Waals surface area (Å²) in [6, 6.07) is 3.36. The van der Waals surface area contributed by atoms with Crippen LogP contribution in [0.3, 0.4) is 0 Å². The normalized spacial score (nSPS) is 13.6. The number of hydrogen-bond acceptors (Lipinski definition) is 6. The lowest BCUT2D eigenvalue weighted by molar-refractivity contribution is 0.103. The third-order valence-electron chi connectivity index (χ3n) is 2.82. The lowest BCUT2D eigenvalue weighted by atomic mass is 10.2. The van der Waals surface area contributed by atoms with Crippen LogP contribution in [0.15, 0.2) is 23.8 Å². The van der Waals surface area contributed by atoms with E-state index in [0.29, 0.717) is 41.0 Å². The molecule has 104 valence electrons. The van der Waals surface area contributed by atoms with Crippen LogP contribution < -0.4 is 20.5 Å². The Morgan fingerprint density at radius 2 is 2.05 bits per heavy atom. The van der Waals surface area contributed by atoms with Gasteiger partial charge in [0, 0.05) is 18.6 Å². The van der Waals surface area contributed by atoms with Crippen LogP contribution in [0, 0.1) is 0 Å². The number of amides is 1. The molecule has 0 fully saturated rings. The van der Waals surface area contributed by atoms with Gasteiger partial charge in [-0.25, -0.2) is 0 Å². The molecule has 0 spiro atoms. The van der Waals surface area contributed by atoms with Crippen LogP contribution >= 0.6 is 11.3 Å². The SMILES string of the molecule is Nc1cc2c(cc1NC(=O)c1cncs1)OCCCO2. The Hall–Kier alpha value is -2.28. The molecule has 0 unspecified atom stereocenters. The molecule has 0 atom stereocenters. The van der Waals surface area contributed by atoms with Gasteiger partial charge < -0.3 is 20.5 Å². The summed E-state index contributed by atoms with van der Waals surface area (Å²) in [5.74, 6) is 0.959. The minimum atomic E-state index is -0.242. The molecule has 6 nitrogen and oxygen atoms in total. The summed E-state index contributed by atoms with van der Waals surface area (Å²) in [5.41, 5.74) is 8.48. The molecule has 1 aliphatic heterocycles. The molecule has 0 bridgehead atoms. The Morgan fingerprint density at radius 3 is 2.75 bits per heavy atom. The van der Waals surface area contributed by atoms with Gasteiger partial charge in [-0.15, -0.1) is 11.3 Å². The Balaban J connectivity index is 1.86. The standard InChI is InChI=1S/C13H13N3O3S/c14-8-4-10-11(19-3-1-2-18-10)5-9(8)16-13(17)12-6-15-7-20-12/h4-7H,1-3,14H2,(H,16,17). The number of nitrogens with two attached hydrogens (primary N) is 1. The molecule has 2 aromatic rings. The lowest BCUT2D eigenvalue weighted by Crippen LogP contribution is -2.12. The number of hydrogen-bond donors (Lipinski definition) is 2. The van der Waals surface area contributed by atoms with Crippen LogP contribution in [0.5, 0.6) is 11.5 Å². The number of thiazole rings is 1. The second-order valence-electron chi connectivity index (χ2n) is 4.26. The molecule has 3 rings (SSSR count). The number of nitrogens with one attached hydrogen (secondary N) is 1. The van der Waals surface area contributed by atoms with E-state index < -0.39 is 0 Å². The first kappa shape index (κ1) is 12.7. The van der Waals surface area contributed by atoms with Crippen molar-refractivity contribution < 1.29 is 14.3 Å².